The van der Waals surface area contributed by atoms with Crippen molar-refractivity contribution in [3.63, 3.8) is 0 Å². The SMILES string of the molecule is CN(Cc1ccc(O)cc1)C(=O)c1ccc(Br)c(Cl)c1. The standard InChI is InChI=1S/C15H13BrClNO2/c1-18(9-10-2-5-12(19)6-3-10)15(20)11-4-7-13(16)14(17)8-11/h2-8,19H,9H2,1H3. The Morgan fingerprint density at radius 3 is 2.50 bits per heavy atom. The van der Waals surface area contributed by atoms with E-state index in [1.54, 1.807) is 54.4 Å². The molecule has 2 rings (SSSR count). The number of halogens is 2. The Morgan fingerprint density at radius 1 is 1.25 bits per heavy atom. The highest BCUT2D eigenvalue weighted by Crippen LogP contribution is 2.24. The Labute approximate surface area is 130 Å². The van der Waals surface area contributed by atoms with Gasteiger partial charge in [0.2, 0.25) is 0 Å². The van der Waals surface area contributed by atoms with Gasteiger partial charge >= 0.3 is 0 Å². The molecule has 0 saturated heterocycles. The lowest BCUT2D eigenvalue weighted by Gasteiger charge is -2.17. The molecule has 3 nitrogen and oxygen atoms in total. The van der Waals surface area contributed by atoms with Crippen LogP contribution in [0.5, 0.6) is 5.75 Å². The molecule has 104 valence electrons. The number of hydrogen-bond acceptors (Lipinski definition) is 2. The number of aromatic hydroxyl groups is 1. The van der Waals surface area contributed by atoms with E-state index in [1.165, 1.54) is 0 Å². The molecule has 0 fully saturated rings. The van der Waals surface area contributed by atoms with Gasteiger partial charge in [-0.25, -0.2) is 0 Å². The largest absolute Gasteiger partial charge is 0.508 e. The Balaban J connectivity index is 2.11. The Kier molecular flexibility index (Phi) is 4.68. The minimum Gasteiger partial charge on any atom is -0.508 e. The van der Waals surface area contributed by atoms with Gasteiger partial charge in [0, 0.05) is 23.6 Å². The van der Waals surface area contributed by atoms with Crippen LogP contribution in [-0.4, -0.2) is 23.0 Å². The molecule has 0 unspecified atom stereocenters. The van der Waals surface area contributed by atoms with E-state index in [4.69, 9.17) is 11.6 Å². The fourth-order valence-corrected chi connectivity index (χ4v) is 2.22. The van der Waals surface area contributed by atoms with Crippen LogP contribution >= 0.6 is 27.5 Å². The first kappa shape index (κ1) is 14.9. The van der Waals surface area contributed by atoms with Gasteiger partial charge in [-0.15, -0.1) is 0 Å². The van der Waals surface area contributed by atoms with Crippen molar-refractivity contribution in [1.29, 1.82) is 0 Å². The lowest BCUT2D eigenvalue weighted by Crippen LogP contribution is -2.26. The number of phenols is 1. The summed E-state index contributed by atoms with van der Waals surface area (Å²) in [6.45, 7) is 0.465. The molecular formula is C15H13BrClNO2. The summed E-state index contributed by atoms with van der Waals surface area (Å²) >= 11 is 9.29. The van der Waals surface area contributed by atoms with E-state index in [0.717, 1.165) is 10.0 Å². The number of amides is 1. The van der Waals surface area contributed by atoms with E-state index in [9.17, 15) is 9.90 Å². The van der Waals surface area contributed by atoms with Gasteiger partial charge in [0.1, 0.15) is 5.75 Å². The van der Waals surface area contributed by atoms with E-state index >= 15 is 0 Å². The second-order valence-electron chi connectivity index (χ2n) is 4.46. The number of carbonyl (C=O) groups is 1. The maximum Gasteiger partial charge on any atom is 0.253 e. The van der Waals surface area contributed by atoms with Gasteiger partial charge in [0.25, 0.3) is 5.91 Å². The van der Waals surface area contributed by atoms with Crippen LogP contribution in [0, 0.1) is 0 Å². The molecule has 1 amide bonds. The van der Waals surface area contributed by atoms with Gasteiger partial charge < -0.3 is 10.0 Å². The monoisotopic (exact) mass is 353 g/mol. The van der Waals surface area contributed by atoms with Crippen molar-refractivity contribution in [2.24, 2.45) is 0 Å². The molecule has 20 heavy (non-hydrogen) atoms. The maximum atomic E-state index is 12.3. The fraction of sp³-hybridized carbons (Fsp3) is 0.133. The predicted octanol–water partition coefficient (Wildman–Crippen LogP) is 4.08. The summed E-state index contributed by atoms with van der Waals surface area (Å²) in [4.78, 5) is 13.9. The Bertz CT molecular complexity index is 628. The quantitative estimate of drug-likeness (QED) is 0.902. The molecule has 5 heteroatoms. The summed E-state index contributed by atoms with van der Waals surface area (Å²) in [5.41, 5.74) is 1.49. The molecule has 0 radical (unpaired) electrons. The number of hydrogen-bond donors (Lipinski definition) is 1. The highest BCUT2D eigenvalue weighted by Gasteiger charge is 2.13. The van der Waals surface area contributed by atoms with Gasteiger partial charge in [-0.1, -0.05) is 23.7 Å². The molecule has 0 aliphatic carbocycles. The number of rotatable bonds is 3. The van der Waals surface area contributed by atoms with Gasteiger partial charge in [0.05, 0.1) is 5.02 Å². The first-order chi connectivity index (χ1) is 9.47. The zero-order valence-corrected chi connectivity index (χ0v) is 13.1. The third-order valence-corrected chi connectivity index (χ3v) is 4.10. The summed E-state index contributed by atoms with van der Waals surface area (Å²) in [7, 11) is 1.73. The lowest BCUT2D eigenvalue weighted by atomic mass is 10.1. The van der Waals surface area contributed by atoms with Gasteiger partial charge in [-0.3, -0.25) is 4.79 Å². The number of carbonyl (C=O) groups excluding carboxylic acids is 1. The van der Waals surface area contributed by atoms with Crippen LogP contribution in [0.25, 0.3) is 0 Å². The molecule has 0 aromatic heterocycles. The second-order valence-corrected chi connectivity index (χ2v) is 5.72. The van der Waals surface area contributed by atoms with Gasteiger partial charge in [0.15, 0.2) is 0 Å². The number of phenolic OH excluding ortho intramolecular Hbond substituents is 1. The maximum absolute atomic E-state index is 12.3. The Hall–Kier alpha value is -1.52. The molecule has 0 aliphatic rings. The molecule has 2 aromatic carbocycles. The molecule has 0 heterocycles. The zero-order chi connectivity index (χ0) is 14.7. The highest BCUT2D eigenvalue weighted by atomic mass is 79.9. The van der Waals surface area contributed by atoms with Crippen molar-refractivity contribution in [3.05, 3.63) is 63.1 Å². The number of benzene rings is 2. The molecule has 0 spiro atoms. The van der Waals surface area contributed by atoms with Gasteiger partial charge in [-0.2, -0.15) is 0 Å². The van der Waals surface area contributed by atoms with Crippen LogP contribution in [0.4, 0.5) is 0 Å². The minimum absolute atomic E-state index is 0.104. The summed E-state index contributed by atoms with van der Waals surface area (Å²) < 4.78 is 0.761. The highest BCUT2D eigenvalue weighted by molar-refractivity contribution is 9.10. The first-order valence-corrected chi connectivity index (χ1v) is 7.13. The third kappa shape index (κ3) is 3.52. The second kappa shape index (κ2) is 6.29. The topological polar surface area (TPSA) is 40.5 Å². The summed E-state index contributed by atoms with van der Waals surface area (Å²) in [5.74, 6) is 0.106. The Morgan fingerprint density at radius 2 is 1.90 bits per heavy atom. The first-order valence-electron chi connectivity index (χ1n) is 5.96. The average molecular weight is 355 g/mol. The third-order valence-electron chi connectivity index (χ3n) is 2.87. The number of nitrogens with zero attached hydrogens (tertiary/aromatic N) is 1. The lowest BCUT2D eigenvalue weighted by molar-refractivity contribution is 0.0785. The molecular weight excluding hydrogens is 342 g/mol. The zero-order valence-electron chi connectivity index (χ0n) is 10.8. The van der Waals surface area contributed by atoms with Crippen molar-refractivity contribution >= 4 is 33.4 Å². The minimum atomic E-state index is -0.104. The van der Waals surface area contributed by atoms with E-state index in [0.29, 0.717) is 17.1 Å². The van der Waals surface area contributed by atoms with Crippen molar-refractivity contribution in [2.75, 3.05) is 7.05 Å². The summed E-state index contributed by atoms with van der Waals surface area (Å²) in [6.07, 6.45) is 0. The molecule has 0 atom stereocenters. The van der Waals surface area contributed by atoms with Crippen LogP contribution in [0.1, 0.15) is 15.9 Å². The van der Waals surface area contributed by atoms with Crippen molar-refractivity contribution in [3.8, 4) is 5.75 Å². The molecule has 0 aliphatic heterocycles. The van der Waals surface area contributed by atoms with E-state index in [1.807, 2.05) is 0 Å². The molecule has 2 aromatic rings. The van der Waals surface area contributed by atoms with Crippen LogP contribution in [-0.2, 0) is 6.54 Å². The van der Waals surface area contributed by atoms with Crippen molar-refractivity contribution < 1.29 is 9.90 Å². The normalized spacial score (nSPS) is 10.3. The fourth-order valence-electron chi connectivity index (χ4n) is 1.80. The van der Waals surface area contributed by atoms with Crippen molar-refractivity contribution in [1.82, 2.24) is 4.90 Å². The van der Waals surface area contributed by atoms with E-state index in [2.05, 4.69) is 15.9 Å². The average Bonchev–Trinajstić information content (AvgIpc) is 2.43. The summed E-state index contributed by atoms with van der Waals surface area (Å²) in [6, 6.07) is 11.9. The van der Waals surface area contributed by atoms with E-state index in [-0.39, 0.29) is 11.7 Å². The van der Waals surface area contributed by atoms with Crippen LogP contribution < -0.4 is 0 Å². The van der Waals surface area contributed by atoms with E-state index < -0.39 is 0 Å². The molecule has 0 bridgehead atoms. The molecule has 0 saturated carbocycles. The van der Waals surface area contributed by atoms with Crippen LogP contribution in [0.3, 0.4) is 0 Å². The molecule has 1 N–H and O–H groups in total. The van der Waals surface area contributed by atoms with Gasteiger partial charge in [-0.05, 0) is 51.8 Å². The van der Waals surface area contributed by atoms with Crippen LogP contribution in [0.2, 0.25) is 5.02 Å². The van der Waals surface area contributed by atoms with Crippen molar-refractivity contribution in [2.45, 2.75) is 6.54 Å². The predicted molar refractivity (Wildman–Crippen MR) is 83.1 cm³/mol. The smallest absolute Gasteiger partial charge is 0.253 e. The van der Waals surface area contributed by atoms with Crippen LogP contribution in [0.15, 0.2) is 46.9 Å². The summed E-state index contributed by atoms with van der Waals surface area (Å²) in [5, 5.41) is 9.74.